The molecule has 1 saturated heterocycles. The SMILES string of the molecule is CCCCOC1CCC(C2COC(c3cc(F)c(C(F)(F)Oc4ccc(-c5ccc(OC(F)(F)F)c(F)c5)c(F)c4)c(F)c3)OC2)CC1. The van der Waals surface area contributed by atoms with Crippen molar-refractivity contribution in [2.45, 2.75) is 70.3 Å². The molecule has 3 aromatic carbocycles. The van der Waals surface area contributed by atoms with Crippen molar-refractivity contribution in [1.29, 1.82) is 0 Å². The molecule has 1 saturated carbocycles. The Morgan fingerprint density at radius 1 is 0.729 bits per heavy atom. The van der Waals surface area contributed by atoms with Gasteiger partial charge in [0, 0.05) is 29.7 Å². The molecule has 0 amide bonds. The summed E-state index contributed by atoms with van der Waals surface area (Å²) >= 11 is 0. The maximum absolute atomic E-state index is 15.0. The zero-order valence-electron chi connectivity index (χ0n) is 25.7. The first-order valence-electron chi connectivity index (χ1n) is 15.5. The average Bonchev–Trinajstić information content (AvgIpc) is 3.01. The van der Waals surface area contributed by atoms with Gasteiger partial charge in [-0.2, -0.15) is 8.78 Å². The number of unbranched alkanes of at least 4 members (excludes halogenated alkanes) is 1. The summed E-state index contributed by atoms with van der Waals surface area (Å²) in [5.74, 6) is -7.59. The Morgan fingerprint density at radius 2 is 1.40 bits per heavy atom. The van der Waals surface area contributed by atoms with Gasteiger partial charge in [0.1, 0.15) is 28.8 Å². The molecule has 0 unspecified atom stereocenters. The number of halogens is 9. The van der Waals surface area contributed by atoms with Gasteiger partial charge in [0.15, 0.2) is 17.9 Å². The molecule has 2 fully saturated rings. The van der Waals surface area contributed by atoms with Crippen LogP contribution in [0, 0.1) is 35.1 Å². The van der Waals surface area contributed by atoms with Crippen molar-refractivity contribution in [3.05, 3.63) is 82.9 Å². The molecule has 2 aliphatic rings. The molecule has 262 valence electrons. The van der Waals surface area contributed by atoms with Crippen molar-refractivity contribution >= 4 is 0 Å². The molecule has 1 heterocycles. The molecule has 0 radical (unpaired) electrons. The summed E-state index contributed by atoms with van der Waals surface area (Å²) < 4.78 is 152. The third-order valence-electron chi connectivity index (χ3n) is 8.44. The molecule has 0 atom stereocenters. The minimum absolute atomic E-state index is 0.0677. The lowest BCUT2D eigenvalue weighted by Crippen LogP contribution is -2.35. The summed E-state index contributed by atoms with van der Waals surface area (Å²) in [5.41, 5.74) is -2.51. The van der Waals surface area contributed by atoms with E-state index in [2.05, 4.69) is 16.4 Å². The molecule has 5 nitrogen and oxygen atoms in total. The topological polar surface area (TPSA) is 46.2 Å². The highest BCUT2D eigenvalue weighted by Gasteiger charge is 2.42. The molecular formula is C34H33F9O5. The van der Waals surface area contributed by atoms with Gasteiger partial charge < -0.3 is 23.7 Å². The normalized spacial score (nSPS) is 22.0. The van der Waals surface area contributed by atoms with Crippen LogP contribution in [-0.2, 0) is 20.3 Å². The smallest absolute Gasteiger partial charge is 0.429 e. The molecule has 3 aromatic rings. The number of rotatable bonds is 11. The summed E-state index contributed by atoms with van der Waals surface area (Å²) in [5, 5.41) is 0. The highest BCUT2D eigenvalue weighted by Crippen LogP contribution is 2.40. The third-order valence-corrected chi connectivity index (χ3v) is 8.44. The van der Waals surface area contributed by atoms with Crippen molar-refractivity contribution in [3.63, 3.8) is 0 Å². The van der Waals surface area contributed by atoms with E-state index in [4.69, 9.17) is 14.2 Å². The molecule has 0 aromatic heterocycles. The van der Waals surface area contributed by atoms with Gasteiger partial charge in [0.2, 0.25) is 0 Å². The number of ether oxygens (including phenoxy) is 5. The van der Waals surface area contributed by atoms with Gasteiger partial charge in [-0.15, -0.1) is 13.2 Å². The summed E-state index contributed by atoms with van der Waals surface area (Å²) in [6, 6.07) is 5.56. The zero-order chi connectivity index (χ0) is 34.6. The van der Waals surface area contributed by atoms with Gasteiger partial charge in [-0.25, -0.2) is 17.6 Å². The van der Waals surface area contributed by atoms with Crippen LogP contribution < -0.4 is 9.47 Å². The zero-order valence-corrected chi connectivity index (χ0v) is 25.7. The Hall–Kier alpha value is -3.49. The molecular weight excluding hydrogens is 659 g/mol. The van der Waals surface area contributed by atoms with E-state index in [0.29, 0.717) is 36.2 Å². The fourth-order valence-electron chi connectivity index (χ4n) is 5.98. The monoisotopic (exact) mass is 692 g/mol. The summed E-state index contributed by atoms with van der Waals surface area (Å²) in [6.45, 7) is 3.38. The molecule has 48 heavy (non-hydrogen) atoms. The minimum atomic E-state index is -5.17. The second kappa shape index (κ2) is 15.0. The quantitative estimate of drug-likeness (QED) is 0.148. The second-order valence-electron chi connectivity index (χ2n) is 11.8. The van der Waals surface area contributed by atoms with E-state index in [0.717, 1.165) is 63.3 Å². The lowest BCUT2D eigenvalue weighted by Gasteiger charge is -2.37. The van der Waals surface area contributed by atoms with Crippen molar-refractivity contribution in [2.75, 3.05) is 19.8 Å². The van der Waals surface area contributed by atoms with Crippen molar-refractivity contribution in [1.82, 2.24) is 0 Å². The molecule has 0 N–H and O–H groups in total. The Balaban J connectivity index is 1.20. The van der Waals surface area contributed by atoms with Crippen molar-refractivity contribution in [2.24, 2.45) is 11.8 Å². The van der Waals surface area contributed by atoms with Crippen molar-refractivity contribution < 1.29 is 63.2 Å². The van der Waals surface area contributed by atoms with Gasteiger partial charge in [0.25, 0.3) is 0 Å². The summed E-state index contributed by atoms with van der Waals surface area (Å²) in [6.07, 6.45) is -4.90. The summed E-state index contributed by atoms with van der Waals surface area (Å²) in [7, 11) is 0. The van der Waals surface area contributed by atoms with E-state index in [9.17, 15) is 22.0 Å². The Bertz CT molecular complexity index is 1530. The van der Waals surface area contributed by atoms with Crippen molar-refractivity contribution in [3.8, 4) is 22.6 Å². The fourth-order valence-corrected chi connectivity index (χ4v) is 5.98. The maximum Gasteiger partial charge on any atom is 0.573 e. The first-order chi connectivity index (χ1) is 22.7. The van der Waals surface area contributed by atoms with Crippen LogP contribution in [0.5, 0.6) is 11.5 Å². The standard InChI is InChI=1S/C34H33F9O5/c1-2-3-12-44-23-7-4-19(5-8-23)22-17-45-32(46-18-22)21-14-28(37)31(29(38)15-21)33(39,40)47-24-9-10-25(26(35)16-24)20-6-11-30(27(36)13-20)48-34(41,42)43/h6,9-11,13-16,19,22-23,32H,2-5,7-8,12,17-18H2,1H3. The first-order valence-corrected chi connectivity index (χ1v) is 15.5. The second-order valence-corrected chi connectivity index (χ2v) is 11.8. The number of benzene rings is 3. The van der Waals surface area contributed by atoms with E-state index in [-0.39, 0.29) is 41.9 Å². The van der Waals surface area contributed by atoms with Crippen LogP contribution in [0.1, 0.15) is 62.9 Å². The number of hydrogen-bond donors (Lipinski definition) is 0. The predicted molar refractivity (Wildman–Crippen MR) is 154 cm³/mol. The van der Waals surface area contributed by atoms with Crippen LogP contribution in [0.4, 0.5) is 39.5 Å². The number of alkyl halides is 5. The number of hydrogen-bond acceptors (Lipinski definition) is 5. The van der Waals surface area contributed by atoms with Crippen LogP contribution in [0.25, 0.3) is 11.1 Å². The molecule has 0 spiro atoms. The van der Waals surface area contributed by atoms with Crippen LogP contribution in [0.3, 0.4) is 0 Å². The molecule has 5 rings (SSSR count). The van der Waals surface area contributed by atoms with E-state index in [1.165, 1.54) is 0 Å². The largest absolute Gasteiger partial charge is 0.573 e. The minimum Gasteiger partial charge on any atom is -0.429 e. The maximum atomic E-state index is 15.0. The average molecular weight is 693 g/mol. The van der Waals surface area contributed by atoms with Gasteiger partial charge in [0.05, 0.1) is 19.3 Å². The van der Waals surface area contributed by atoms with Gasteiger partial charge in [-0.3, -0.25) is 0 Å². The first kappa shape index (κ1) is 35.8. The lowest BCUT2D eigenvalue weighted by atomic mass is 9.79. The van der Waals surface area contributed by atoms with E-state index in [1.807, 2.05) is 0 Å². The van der Waals surface area contributed by atoms with Gasteiger partial charge in [-0.05, 0) is 80.0 Å². The Morgan fingerprint density at radius 3 is 1.98 bits per heavy atom. The van der Waals surface area contributed by atoms with Crippen LogP contribution >= 0.6 is 0 Å². The van der Waals surface area contributed by atoms with Crippen LogP contribution in [0.2, 0.25) is 0 Å². The predicted octanol–water partition coefficient (Wildman–Crippen LogP) is 9.97. The summed E-state index contributed by atoms with van der Waals surface area (Å²) in [4.78, 5) is 0. The van der Waals surface area contributed by atoms with Gasteiger partial charge in [-0.1, -0.05) is 19.4 Å². The fraction of sp³-hybridized carbons (Fsp3) is 0.471. The highest BCUT2D eigenvalue weighted by atomic mass is 19.4. The van der Waals surface area contributed by atoms with E-state index >= 15 is 17.6 Å². The highest BCUT2D eigenvalue weighted by molar-refractivity contribution is 5.66. The molecule has 0 bridgehead atoms. The van der Waals surface area contributed by atoms with E-state index < -0.39 is 59.1 Å². The van der Waals surface area contributed by atoms with E-state index in [1.54, 1.807) is 0 Å². The van der Waals surface area contributed by atoms with Crippen LogP contribution in [0.15, 0.2) is 48.5 Å². The Kier molecular flexibility index (Phi) is 11.2. The van der Waals surface area contributed by atoms with Gasteiger partial charge >= 0.3 is 12.5 Å². The Labute approximate surface area is 270 Å². The molecule has 14 heteroatoms. The third kappa shape index (κ3) is 8.75. The lowest BCUT2D eigenvalue weighted by molar-refractivity contribution is -0.275. The molecule has 1 aliphatic heterocycles. The van der Waals surface area contributed by atoms with Crippen LogP contribution in [-0.4, -0.2) is 32.3 Å². The molecule has 1 aliphatic carbocycles.